The Morgan fingerprint density at radius 3 is 2.60 bits per heavy atom. The minimum Gasteiger partial charge on any atom is -0.356 e. The van der Waals surface area contributed by atoms with Crippen LogP contribution in [0.2, 0.25) is 0 Å². The summed E-state index contributed by atoms with van der Waals surface area (Å²) in [4.78, 5) is 11.7. The second kappa shape index (κ2) is 8.48. The van der Waals surface area contributed by atoms with Crippen LogP contribution in [-0.2, 0) is 4.79 Å². The molecule has 1 atom stereocenters. The molecule has 0 aromatic rings. The summed E-state index contributed by atoms with van der Waals surface area (Å²) in [6.07, 6.45) is 5.79. The molecule has 0 spiro atoms. The number of carbonyl (C=O) groups excluding carboxylic acids is 1. The zero-order valence-electron chi connectivity index (χ0n) is 10.1. The number of nitrogens with two attached hydrogens (primary N) is 1. The Balaban J connectivity index is 3.83. The van der Waals surface area contributed by atoms with Crippen LogP contribution in [0, 0.1) is 11.8 Å². The van der Waals surface area contributed by atoms with Crippen molar-refractivity contribution in [3.63, 3.8) is 0 Å². The lowest BCUT2D eigenvalue weighted by atomic mass is 9.96. The van der Waals surface area contributed by atoms with Crippen LogP contribution in [0.3, 0.4) is 0 Å². The summed E-state index contributed by atoms with van der Waals surface area (Å²) in [5.41, 5.74) is 5.58. The van der Waals surface area contributed by atoms with Gasteiger partial charge < -0.3 is 11.1 Å². The average Bonchev–Trinajstić information content (AvgIpc) is 2.20. The molecular weight excluding hydrogens is 188 g/mol. The highest BCUT2D eigenvalue weighted by Crippen LogP contribution is 2.10. The van der Waals surface area contributed by atoms with Crippen molar-refractivity contribution in [1.82, 2.24) is 5.32 Å². The van der Waals surface area contributed by atoms with E-state index in [0.717, 1.165) is 12.8 Å². The van der Waals surface area contributed by atoms with Crippen molar-refractivity contribution in [2.45, 2.75) is 33.6 Å². The Morgan fingerprint density at radius 2 is 2.13 bits per heavy atom. The van der Waals surface area contributed by atoms with Gasteiger partial charge in [0.05, 0.1) is 5.92 Å². The highest BCUT2D eigenvalue weighted by atomic mass is 16.1. The van der Waals surface area contributed by atoms with E-state index >= 15 is 0 Å². The van der Waals surface area contributed by atoms with E-state index in [9.17, 15) is 4.79 Å². The maximum atomic E-state index is 11.7. The summed E-state index contributed by atoms with van der Waals surface area (Å²) < 4.78 is 0. The van der Waals surface area contributed by atoms with Crippen molar-refractivity contribution in [2.24, 2.45) is 17.6 Å². The topological polar surface area (TPSA) is 55.1 Å². The number of rotatable bonds is 7. The van der Waals surface area contributed by atoms with Crippen LogP contribution < -0.4 is 11.1 Å². The normalized spacial score (nSPS) is 13.4. The summed E-state index contributed by atoms with van der Waals surface area (Å²) >= 11 is 0. The Kier molecular flexibility index (Phi) is 8.01. The minimum atomic E-state index is -0.0318. The van der Waals surface area contributed by atoms with Gasteiger partial charge in [-0.05, 0) is 25.7 Å². The zero-order valence-corrected chi connectivity index (χ0v) is 10.1. The average molecular weight is 212 g/mol. The quantitative estimate of drug-likeness (QED) is 0.498. The molecule has 1 unspecified atom stereocenters. The first kappa shape index (κ1) is 14.2. The summed E-state index contributed by atoms with van der Waals surface area (Å²) in [7, 11) is 0. The second-order valence-corrected chi connectivity index (χ2v) is 4.21. The summed E-state index contributed by atoms with van der Waals surface area (Å²) in [6.45, 7) is 7.33. The number of nitrogens with one attached hydrogen (secondary N) is 1. The van der Waals surface area contributed by atoms with Crippen LogP contribution in [0.5, 0.6) is 0 Å². The minimum absolute atomic E-state index is 0.0318. The molecular formula is C12H24N2O. The van der Waals surface area contributed by atoms with Crippen LogP contribution in [0.15, 0.2) is 12.2 Å². The first-order valence-corrected chi connectivity index (χ1v) is 5.70. The number of allylic oxidation sites excluding steroid dienone is 1. The lowest BCUT2D eigenvalue weighted by molar-refractivity contribution is -0.125. The van der Waals surface area contributed by atoms with Crippen molar-refractivity contribution >= 4 is 5.91 Å². The van der Waals surface area contributed by atoms with Gasteiger partial charge in [-0.2, -0.15) is 0 Å². The summed E-state index contributed by atoms with van der Waals surface area (Å²) in [5.74, 6) is 0.575. The van der Waals surface area contributed by atoms with Gasteiger partial charge in [0, 0.05) is 13.1 Å². The molecule has 0 aliphatic carbocycles. The molecule has 0 aliphatic rings. The Bertz CT molecular complexity index is 200. The molecule has 15 heavy (non-hydrogen) atoms. The molecule has 3 heteroatoms. The molecule has 0 rings (SSSR count). The molecule has 3 N–H and O–H groups in total. The Morgan fingerprint density at radius 1 is 1.47 bits per heavy atom. The standard InChI is InChI=1S/C12H24N2O/c1-4-5-6-7-14-12(15)11(9-13)8-10(2)3/h4-5,10-11H,6-9,13H2,1-3H3,(H,14,15)/b5-4+. The molecule has 0 saturated carbocycles. The van der Waals surface area contributed by atoms with E-state index in [2.05, 4.69) is 19.2 Å². The Hall–Kier alpha value is -0.830. The SMILES string of the molecule is C/C=C/CCNC(=O)C(CN)CC(C)C. The highest BCUT2D eigenvalue weighted by molar-refractivity contribution is 5.78. The molecule has 0 aromatic carbocycles. The highest BCUT2D eigenvalue weighted by Gasteiger charge is 2.16. The summed E-state index contributed by atoms with van der Waals surface area (Å²) in [5, 5.41) is 2.90. The fourth-order valence-electron chi connectivity index (χ4n) is 1.47. The van der Waals surface area contributed by atoms with Gasteiger partial charge in [-0.3, -0.25) is 4.79 Å². The second-order valence-electron chi connectivity index (χ2n) is 4.21. The molecule has 0 radical (unpaired) electrons. The van der Waals surface area contributed by atoms with Crippen molar-refractivity contribution in [3.8, 4) is 0 Å². The van der Waals surface area contributed by atoms with Crippen LogP contribution in [0.25, 0.3) is 0 Å². The van der Waals surface area contributed by atoms with E-state index in [1.807, 2.05) is 19.1 Å². The van der Waals surface area contributed by atoms with Crippen LogP contribution in [-0.4, -0.2) is 19.0 Å². The third-order valence-electron chi connectivity index (χ3n) is 2.26. The molecule has 3 nitrogen and oxygen atoms in total. The fraction of sp³-hybridized carbons (Fsp3) is 0.750. The van der Waals surface area contributed by atoms with Crippen LogP contribution >= 0.6 is 0 Å². The van der Waals surface area contributed by atoms with Gasteiger partial charge in [0.25, 0.3) is 0 Å². The molecule has 0 saturated heterocycles. The maximum Gasteiger partial charge on any atom is 0.224 e. The Labute approximate surface area is 93.1 Å². The third kappa shape index (κ3) is 7.14. The van der Waals surface area contributed by atoms with E-state index in [1.165, 1.54) is 0 Å². The lowest BCUT2D eigenvalue weighted by Gasteiger charge is -2.16. The molecule has 0 aromatic heterocycles. The fourth-order valence-corrected chi connectivity index (χ4v) is 1.47. The smallest absolute Gasteiger partial charge is 0.224 e. The van der Waals surface area contributed by atoms with Gasteiger partial charge in [0.1, 0.15) is 0 Å². The van der Waals surface area contributed by atoms with E-state index in [1.54, 1.807) is 0 Å². The first-order valence-electron chi connectivity index (χ1n) is 5.70. The summed E-state index contributed by atoms with van der Waals surface area (Å²) in [6, 6.07) is 0. The van der Waals surface area contributed by atoms with Gasteiger partial charge >= 0.3 is 0 Å². The van der Waals surface area contributed by atoms with Crippen molar-refractivity contribution < 1.29 is 4.79 Å². The lowest BCUT2D eigenvalue weighted by Crippen LogP contribution is -2.36. The van der Waals surface area contributed by atoms with E-state index in [4.69, 9.17) is 5.73 Å². The zero-order chi connectivity index (χ0) is 11.7. The molecule has 88 valence electrons. The van der Waals surface area contributed by atoms with Crippen molar-refractivity contribution in [1.29, 1.82) is 0 Å². The monoisotopic (exact) mass is 212 g/mol. The molecule has 0 bridgehead atoms. The first-order chi connectivity index (χ1) is 7.11. The van der Waals surface area contributed by atoms with Crippen molar-refractivity contribution in [2.75, 3.05) is 13.1 Å². The maximum absolute atomic E-state index is 11.7. The van der Waals surface area contributed by atoms with Crippen LogP contribution in [0.1, 0.15) is 33.6 Å². The predicted octanol–water partition coefficient (Wildman–Crippen LogP) is 1.69. The van der Waals surface area contributed by atoms with Gasteiger partial charge in [0.15, 0.2) is 0 Å². The third-order valence-corrected chi connectivity index (χ3v) is 2.26. The molecule has 0 fully saturated rings. The van der Waals surface area contributed by atoms with Crippen LogP contribution in [0.4, 0.5) is 0 Å². The number of hydrogen-bond acceptors (Lipinski definition) is 2. The molecule has 0 heterocycles. The van der Waals surface area contributed by atoms with Gasteiger partial charge in [-0.1, -0.05) is 26.0 Å². The van der Waals surface area contributed by atoms with Crippen molar-refractivity contribution in [3.05, 3.63) is 12.2 Å². The largest absolute Gasteiger partial charge is 0.356 e. The molecule has 0 aliphatic heterocycles. The van der Waals surface area contributed by atoms with E-state index in [-0.39, 0.29) is 11.8 Å². The van der Waals surface area contributed by atoms with Gasteiger partial charge in [0.2, 0.25) is 5.91 Å². The number of amides is 1. The van der Waals surface area contributed by atoms with Gasteiger partial charge in [-0.25, -0.2) is 0 Å². The van der Waals surface area contributed by atoms with E-state index in [0.29, 0.717) is 19.0 Å². The predicted molar refractivity (Wildman–Crippen MR) is 64.4 cm³/mol. The number of carbonyl (C=O) groups is 1. The number of hydrogen-bond donors (Lipinski definition) is 2. The van der Waals surface area contributed by atoms with Gasteiger partial charge in [-0.15, -0.1) is 0 Å². The molecule has 1 amide bonds. The van der Waals surface area contributed by atoms with E-state index < -0.39 is 0 Å².